The molecule has 0 spiro atoms. The second-order valence-corrected chi connectivity index (χ2v) is 5.69. The molecule has 1 aromatic rings. The normalized spacial score (nSPS) is 11.9. The summed E-state index contributed by atoms with van der Waals surface area (Å²) in [6, 6.07) is 5.20. The molecule has 0 aliphatic carbocycles. The fourth-order valence-corrected chi connectivity index (χ4v) is 1.29. The molecular formula is C14H21FO. The zero-order chi connectivity index (χ0) is 12.3. The largest absolute Gasteiger partial charge is 0.490 e. The van der Waals surface area contributed by atoms with Gasteiger partial charge in [-0.2, -0.15) is 0 Å². The van der Waals surface area contributed by atoms with E-state index in [0.717, 1.165) is 5.56 Å². The number of benzene rings is 1. The molecule has 0 amide bonds. The van der Waals surface area contributed by atoms with Crippen molar-refractivity contribution in [1.82, 2.24) is 0 Å². The van der Waals surface area contributed by atoms with E-state index < -0.39 is 0 Å². The van der Waals surface area contributed by atoms with Crippen LogP contribution in [0.4, 0.5) is 4.39 Å². The molecule has 1 rings (SSSR count). The second-order valence-electron chi connectivity index (χ2n) is 5.69. The van der Waals surface area contributed by atoms with Gasteiger partial charge in [-0.15, -0.1) is 0 Å². The smallest absolute Gasteiger partial charge is 0.165 e. The summed E-state index contributed by atoms with van der Waals surface area (Å²) in [6.45, 7) is 10.8. The van der Waals surface area contributed by atoms with Crippen molar-refractivity contribution in [3.05, 3.63) is 29.6 Å². The predicted molar refractivity (Wildman–Crippen MR) is 65.4 cm³/mol. The number of hydrogen-bond acceptors (Lipinski definition) is 1. The summed E-state index contributed by atoms with van der Waals surface area (Å²) in [5.74, 6) is 0.418. The van der Waals surface area contributed by atoms with Gasteiger partial charge in [-0.25, -0.2) is 4.39 Å². The average Bonchev–Trinajstić information content (AvgIpc) is 2.14. The third-order valence-corrected chi connectivity index (χ3v) is 2.28. The second kappa shape index (κ2) is 4.86. The molecule has 0 aromatic heterocycles. The molecule has 0 heterocycles. The minimum absolute atomic E-state index is 0.0448. The highest BCUT2D eigenvalue weighted by Crippen LogP contribution is 2.24. The van der Waals surface area contributed by atoms with Crippen molar-refractivity contribution in [2.24, 2.45) is 5.41 Å². The molecule has 0 bridgehead atoms. The SMILES string of the molecule is CC(C)c1ccc(OCC(C)(C)C)c(F)c1. The fourth-order valence-electron chi connectivity index (χ4n) is 1.29. The van der Waals surface area contributed by atoms with Gasteiger partial charge >= 0.3 is 0 Å². The monoisotopic (exact) mass is 224 g/mol. The summed E-state index contributed by atoms with van der Waals surface area (Å²) in [5, 5.41) is 0. The van der Waals surface area contributed by atoms with Crippen molar-refractivity contribution in [2.75, 3.05) is 6.61 Å². The molecule has 0 atom stereocenters. The summed E-state index contributed by atoms with van der Waals surface area (Å²) >= 11 is 0. The summed E-state index contributed by atoms with van der Waals surface area (Å²) in [6.07, 6.45) is 0. The molecule has 0 aliphatic rings. The Balaban J connectivity index is 2.76. The molecule has 90 valence electrons. The van der Waals surface area contributed by atoms with Crippen LogP contribution >= 0.6 is 0 Å². The van der Waals surface area contributed by atoms with Crippen LogP contribution in [0, 0.1) is 11.2 Å². The summed E-state index contributed by atoms with van der Waals surface area (Å²) in [4.78, 5) is 0. The minimum Gasteiger partial charge on any atom is -0.490 e. The van der Waals surface area contributed by atoms with Crippen molar-refractivity contribution >= 4 is 0 Å². The van der Waals surface area contributed by atoms with Gasteiger partial charge in [0, 0.05) is 0 Å². The van der Waals surface area contributed by atoms with Gasteiger partial charge in [-0.05, 0) is 29.0 Å². The van der Waals surface area contributed by atoms with E-state index in [0.29, 0.717) is 18.3 Å². The Morgan fingerprint density at radius 3 is 2.31 bits per heavy atom. The average molecular weight is 224 g/mol. The molecule has 0 saturated heterocycles. The lowest BCUT2D eigenvalue weighted by molar-refractivity contribution is 0.191. The van der Waals surface area contributed by atoms with E-state index in [4.69, 9.17) is 4.74 Å². The Morgan fingerprint density at radius 2 is 1.88 bits per heavy atom. The molecule has 0 saturated carbocycles. The molecule has 1 nitrogen and oxygen atoms in total. The molecule has 0 radical (unpaired) electrons. The highest BCUT2D eigenvalue weighted by molar-refractivity contribution is 5.30. The number of ether oxygens (including phenoxy) is 1. The van der Waals surface area contributed by atoms with Crippen molar-refractivity contribution in [3.8, 4) is 5.75 Å². The van der Waals surface area contributed by atoms with Gasteiger partial charge in [0.1, 0.15) is 0 Å². The Bertz CT molecular complexity index is 350. The van der Waals surface area contributed by atoms with E-state index in [2.05, 4.69) is 20.8 Å². The van der Waals surface area contributed by atoms with Gasteiger partial charge in [-0.1, -0.05) is 40.7 Å². The molecular weight excluding hydrogens is 203 g/mol. The summed E-state index contributed by atoms with van der Waals surface area (Å²) < 4.78 is 19.1. The maximum absolute atomic E-state index is 13.7. The first-order valence-electron chi connectivity index (χ1n) is 5.72. The number of halogens is 1. The van der Waals surface area contributed by atoms with E-state index in [1.54, 1.807) is 12.1 Å². The fraction of sp³-hybridized carbons (Fsp3) is 0.571. The van der Waals surface area contributed by atoms with Crippen LogP contribution in [-0.4, -0.2) is 6.61 Å². The first kappa shape index (κ1) is 13.0. The van der Waals surface area contributed by atoms with Crippen molar-refractivity contribution in [3.63, 3.8) is 0 Å². The van der Waals surface area contributed by atoms with Crippen LogP contribution in [0.1, 0.15) is 46.1 Å². The third kappa shape index (κ3) is 3.84. The zero-order valence-electron chi connectivity index (χ0n) is 10.8. The molecule has 0 fully saturated rings. The molecule has 0 unspecified atom stereocenters. The maximum Gasteiger partial charge on any atom is 0.165 e. The van der Waals surface area contributed by atoms with Gasteiger partial charge in [0.25, 0.3) is 0 Å². The first-order chi connectivity index (χ1) is 7.29. The summed E-state index contributed by atoms with van der Waals surface area (Å²) in [5.41, 5.74) is 1.05. The van der Waals surface area contributed by atoms with Crippen LogP contribution in [0.5, 0.6) is 5.75 Å². The quantitative estimate of drug-likeness (QED) is 0.740. The van der Waals surface area contributed by atoms with Crippen LogP contribution in [0.25, 0.3) is 0 Å². The Labute approximate surface area is 97.6 Å². The molecule has 0 N–H and O–H groups in total. The van der Waals surface area contributed by atoms with Crippen LogP contribution in [0.2, 0.25) is 0 Å². The van der Waals surface area contributed by atoms with E-state index in [1.807, 2.05) is 19.9 Å². The van der Waals surface area contributed by atoms with Crippen molar-refractivity contribution in [2.45, 2.75) is 40.5 Å². The molecule has 0 aliphatic heterocycles. The van der Waals surface area contributed by atoms with E-state index in [9.17, 15) is 4.39 Å². The standard InChI is InChI=1S/C14H21FO/c1-10(2)11-6-7-13(12(15)8-11)16-9-14(3,4)5/h6-8,10H,9H2,1-5H3. The zero-order valence-corrected chi connectivity index (χ0v) is 10.8. The van der Waals surface area contributed by atoms with Crippen LogP contribution in [0.3, 0.4) is 0 Å². The van der Waals surface area contributed by atoms with Crippen LogP contribution in [0.15, 0.2) is 18.2 Å². The van der Waals surface area contributed by atoms with Gasteiger partial charge in [0.05, 0.1) is 6.61 Å². The molecule has 16 heavy (non-hydrogen) atoms. The highest BCUT2D eigenvalue weighted by atomic mass is 19.1. The molecule has 2 heteroatoms. The van der Waals surface area contributed by atoms with Crippen molar-refractivity contribution < 1.29 is 9.13 Å². The Kier molecular flexibility index (Phi) is 3.95. The van der Waals surface area contributed by atoms with Crippen LogP contribution < -0.4 is 4.74 Å². The van der Waals surface area contributed by atoms with E-state index in [-0.39, 0.29) is 11.2 Å². The lowest BCUT2D eigenvalue weighted by Gasteiger charge is -2.19. The Morgan fingerprint density at radius 1 is 1.25 bits per heavy atom. The van der Waals surface area contributed by atoms with Crippen LogP contribution in [-0.2, 0) is 0 Å². The predicted octanol–water partition coefficient (Wildman–Crippen LogP) is 4.37. The van der Waals surface area contributed by atoms with Gasteiger partial charge < -0.3 is 4.74 Å². The Hall–Kier alpha value is -1.05. The topological polar surface area (TPSA) is 9.23 Å². The van der Waals surface area contributed by atoms with E-state index in [1.165, 1.54) is 0 Å². The molecule has 1 aromatic carbocycles. The third-order valence-electron chi connectivity index (χ3n) is 2.28. The van der Waals surface area contributed by atoms with Crippen molar-refractivity contribution in [1.29, 1.82) is 0 Å². The maximum atomic E-state index is 13.7. The lowest BCUT2D eigenvalue weighted by atomic mass is 9.98. The van der Waals surface area contributed by atoms with E-state index >= 15 is 0 Å². The highest BCUT2D eigenvalue weighted by Gasteiger charge is 2.13. The number of hydrogen-bond donors (Lipinski definition) is 0. The minimum atomic E-state index is -0.268. The number of rotatable bonds is 3. The van der Waals surface area contributed by atoms with Gasteiger partial charge in [0.15, 0.2) is 11.6 Å². The first-order valence-corrected chi connectivity index (χ1v) is 5.72. The van der Waals surface area contributed by atoms with Gasteiger partial charge in [-0.3, -0.25) is 0 Å². The summed E-state index contributed by atoms with van der Waals surface area (Å²) in [7, 11) is 0. The lowest BCUT2D eigenvalue weighted by Crippen LogP contribution is -2.17. The van der Waals surface area contributed by atoms with Gasteiger partial charge in [0.2, 0.25) is 0 Å².